The molecular weight excluding hydrogens is 316 g/mol. The number of aliphatic hydroxyl groups excluding tert-OH is 1. The van der Waals surface area contributed by atoms with Crippen LogP contribution in [0.15, 0.2) is 36.7 Å². The van der Waals surface area contributed by atoms with Crippen molar-refractivity contribution in [1.82, 2.24) is 14.6 Å². The minimum Gasteiger partial charge on any atom is -0.508 e. The van der Waals surface area contributed by atoms with Gasteiger partial charge in [0, 0.05) is 17.8 Å². The summed E-state index contributed by atoms with van der Waals surface area (Å²) in [7, 11) is 0. The highest BCUT2D eigenvalue weighted by Gasteiger charge is 2.19. The first-order valence-corrected chi connectivity index (χ1v) is 8.69. The number of nitrogens with zero attached hydrogens (tertiary/aromatic N) is 3. The Bertz CT molecular complexity index is 898. The summed E-state index contributed by atoms with van der Waals surface area (Å²) in [4.78, 5) is 4.74. The van der Waals surface area contributed by atoms with E-state index in [1.54, 1.807) is 16.8 Å². The number of fused-ring (bicyclic) bond motifs is 1. The van der Waals surface area contributed by atoms with E-state index in [2.05, 4.69) is 10.4 Å². The molecule has 0 bridgehead atoms. The van der Waals surface area contributed by atoms with Crippen molar-refractivity contribution in [2.24, 2.45) is 0 Å². The molecule has 2 heterocycles. The summed E-state index contributed by atoms with van der Waals surface area (Å²) in [6.07, 6.45) is 7.13. The Kier molecular flexibility index (Phi) is 4.05. The number of rotatable bonds is 3. The van der Waals surface area contributed by atoms with Crippen LogP contribution in [0, 0.1) is 6.92 Å². The van der Waals surface area contributed by atoms with Gasteiger partial charge in [-0.05, 0) is 61.9 Å². The van der Waals surface area contributed by atoms with Crippen LogP contribution in [0.25, 0.3) is 16.8 Å². The second-order valence-corrected chi connectivity index (χ2v) is 6.79. The van der Waals surface area contributed by atoms with Gasteiger partial charge in [-0.3, -0.25) is 0 Å². The lowest BCUT2D eigenvalue weighted by Crippen LogP contribution is -2.28. The zero-order valence-electron chi connectivity index (χ0n) is 14.2. The average molecular weight is 338 g/mol. The van der Waals surface area contributed by atoms with Crippen LogP contribution in [0.5, 0.6) is 5.75 Å². The number of phenols is 1. The summed E-state index contributed by atoms with van der Waals surface area (Å²) < 4.78 is 1.76. The molecule has 1 aliphatic rings. The molecule has 0 saturated heterocycles. The lowest BCUT2D eigenvalue weighted by Gasteiger charge is -2.26. The third-order valence-corrected chi connectivity index (χ3v) is 4.93. The van der Waals surface area contributed by atoms with Crippen LogP contribution in [0.1, 0.15) is 31.2 Å². The third kappa shape index (κ3) is 3.17. The van der Waals surface area contributed by atoms with Crippen molar-refractivity contribution in [2.75, 3.05) is 5.32 Å². The molecule has 0 unspecified atom stereocenters. The van der Waals surface area contributed by atoms with Crippen LogP contribution in [0.2, 0.25) is 0 Å². The van der Waals surface area contributed by atoms with Crippen LogP contribution >= 0.6 is 0 Å². The Morgan fingerprint density at radius 2 is 1.96 bits per heavy atom. The first-order chi connectivity index (χ1) is 12.1. The van der Waals surface area contributed by atoms with Crippen molar-refractivity contribution < 1.29 is 10.2 Å². The van der Waals surface area contributed by atoms with E-state index in [-0.39, 0.29) is 11.9 Å². The highest BCUT2D eigenvalue weighted by molar-refractivity contribution is 5.78. The lowest BCUT2D eigenvalue weighted by molar-refractivity contribution is 0.126. The Labute approximate surface area is 146 Å². The highest BCUT2D eigenvalue weighted by atomic mass is 16.3. The van der Waals surface area contributed by atoms with Crippen LogP contribution in [-0.4, -0.2) is 37.0 Å². The van der Waals surface area contributed by atoms with E-state index in [9.17, 15) is 10.2 Å². The van der Waals surface area contributed by atoms with E-state index >= 15 is 0 Å². The maximum Gasteiger partial charge on any atom is 0.165 e. The largest absolute Gasteiger partial charge is 0.508 e. The quantitative estimate of drug-likeness (QED) is 0.683. The van der Waals surface area contributed by atoms with Crippen molar-refractivity contribution in [3.63, 3.8) is 0 Å². The fraction of sp³-hybridized carbons (Fsp3) is 0.368. The smallest absolute Gasteiger partial charge is 0.165 e. The molecule has 4 rings (SSSR count). The number of aromatic hydroxyl groups is 1. The molecule has 3 aromatic rings. The standard InChI is InChI=1S/C19H22N4O2/c1-12-10-13(2-7-17(12)25)16-11-20-23-9-8-18(22-19(16)23)21-14-3-5-15(24)6-4-14/h2,7-11,14-15,24-25H,3-6H2,1H3,(H,21,22). The van der Waals surface area contributed by atoms with Gasteiger partial charge < -0.3 is 15.5 Å². The van der Waals surface area contributed by atoms with Crippen LogP contribution in [-0.2, 0) is 0 Å². The van der Waals surface area contributed by atoms with Gasteiger partial charge in [-0.15, -0.1) is 0 Å². The lowest BCUT2D eigenvalue weighted by atomic mass is 9.93. The van der Waals surface area contributed by atoms with Gasteiger partial charge in [0.15, 0.2) is 5.65 Å². The maximum absolute atomic E-state index is 9.74. The van der Waals surface area contributed by atoms with Crippen molar-refractivity contribution >= 4 is 11.5 Å². The molecule has 1 fully saturated rings. The molecule has 1 aromatic carbocycles. The van der Waals surface area contributed by atoms with E-state index in [0.29, 0.717) is 6.04 Å². The van der Waals surface area contributed by atoms with E-state index in [1.165, 1.54) is 0 Å². The summed E-state index contributed by atoms with van der Waals surface area (Å²) in [5.74, 6) is 1.11. The predicted octanol–water partition coefficient (Wildman–Crippen LogP) is 3.13. The molecular formula is C19H22N4O2. The molecule has 25 heavy (non-hydrogen) atoms. The predicted molar refractivity (Wildman–Crippen MR) is 96.7 cm³/mol. The second-order valence-electron chi connectivity index (χ2n) is 6.79. The monoisotopic (exact) mass is 338 g/mol. The Hall–Kier alpha value is -2.60. The minimum absolute atomic E-state index is 0.160. The molecule has 0 amide bonds. The number of phenolic OH excluding ortho intramolecular Hbond substituents is 1. The SMILES string of the molecule is Cc1cc(-c2cnn3ccc(NC4CCC(O)CC4)nc23)ccc1O. The molecule has 0 aliphatic heterocycles. The summed E-state index contributed by atoms with van der Waals surface area (Å²) in [6, 6.07) is 7.79. The normalized spacial score (nSPS) is 20.7. The second kappa shape index (κ2) is 6.37. The molecule has 1 aliphatic carbocycles. The number of aryl methyl sites for hydroxylation is 1. The number of hydrogen-bond acceptors (Lipinski definition) is 5. The third-order valence-electron chi connectivity index (χ3n) is 4.93. The van der Waals surface area contributed by atoms with Gasteiger partial charge in [0.05, 0.1) is 12.3 Å². The minimum atomic E-state index is -0.160. The number of benzene rings is 1. The van der Waals surface area contributed by atoms with Crippen molar-refractivity contribution in [2.45, 2.75) is 44.8 Å². The molecule has 2 aromatic heterocycles. The average Bonchev–Trinajstić information content (AvgIpc) is 3.03. The number of aliphatic hydroxyl groups is 1. The summed E-state index contributed by atoms with van der Waals surface area (Å²) in [5.41, 5.74) is 3.53. The van der Waals surface area contributed by atoms with Crippen molar-refractivity contribution in [1.29, 1.82) is 0 Å². The molecule has 0 spiro atoms. The number of hydrogen-bond donors (Lipinski definition) is 3. The van der Waals surface area contributed by atoms with E-state index in [4.69, 9.17) is 4.98 Å². The molecule has 0 radical (unpaired) electrons. The van der Waals surface area contributed by atoms with Gasteiger partial charge in [0.2, 0.25) is 0 Å². The van der Waals surface area contributed by atoms with E-state index in [0.717, 1.165) is 53.8 Å². The number of aromatic nitrogens is 3. The van der Waals surface area contributed by atoms with Gasteiger partial charge >= 0.3 is 0 Å². The van der Waals surface area contributed by atoms with E-state index in [1.807, 2.05) is 31.3 Å². The molecule has 3 N–H and O–H groups in total. The molecule has 0 atom stereocenters. The van der Waals surface area contributed by atoms with Gasteiger partial charge in [-0.2, -0.15) is 5.10 Å². The van der Waals surface area contributed by atoms with Crippen molar-refractivity contribution in [3.05, 3.63) is 42.2 Å². The maximum atomic E-state index is 9.74. The van der Waals surface area contributed by atoms with Gasteiger partial charge in [0.1, 0.15) is 11.6 Å². The fourth-order valence-corrected chi connectivity index (χ4v) is 3.41. The summed E-state index contributed by atoms with van der Waals surface area (Å²) in [5, 5.41) is 27.2. The summed E-state index contributed by atoms with van der Waals surface area (Å²) >= 11 is 0. The van der Waals surface area contributed by atoms with Gasteiger partial charge in [-0.1, -0.05) is 6.07 Å². The Balaban J connectivity index is 1.64. The summed E-state index contributed by atoms with van der Waals surface area (Å²) in [6.45, 7) is 1.88. The zero-order valence-corrected chi connectivity index (χ0v) is 14.2. The Morgan fingerprint density at radius 3 is 2.72 bits per heavy atom. The topological polar surface area (TPSA) is 82.7 Å². The molecule has 6 heteroatoms. The van der Waals surface area contributed by atoms with Gasteiger partial charge in [-0.25, -0.2) is 9.50 Å². The van der Waals surface area contributed by atoms with Crippen molar-refractivity contribution in [3.8, 4) is 16.9 Å². The van der Waals surface area contributed by atoms with Gasteiger partial charge in [0.25, 0.3) is 0 Å². The van der Waals surface area contributed by atoms with Crippen LogP contribution in [0.3, 0.4) is 0 Å². The molecule has 130 valence electrons. The number of nitrogens with one attached hydrogen (secondary N) is 1. The molecule has 6 nitrogen and oxygen atoms in total. The first-order valence-electron chi connectivity index (χ1n) is 8.69. The van der Waals surface area contributed by atoms with Crippen LogP contribution < -0.4 is 5.32 Å². The molecule has 1 saturated carbocycles. The number of anilines is 1. The Morgan fingerprint density at radius 1 is 1.16 bits per heavy atom. The zero-order chi connectivity index (χ0) is 17.4. The fourth-order valence-electron chi connectivity index (χ4n) is 3.41. The first kappa shape index (κ1) is 15.9. The van der Waals surface area contributed by atoms with E-state index < -0.39 is 0 Å². The highest BCUT2D eigenvalue weighted by Crippen LogP contribution is 2.28. The van der Waals surface area contributed by atoms with Crippen LogP contribution in [0.4, 0.5) is 5.82 Å².